The van der Waals surface area contributed by atoms with Gasteiger partial charge < -0.3 is 10.1 Å². The zero-order valence-electron chi connectivity index (χ0n) is 16.0. The van der Waals surface area contributed by atoms with Gasteiger partial charge in [0.1, 0.15) is 0 Å². The number of nitrogens with zero attached hydrogens (tertiary/aromatic N) is 3. The second-order valence-corrected chi connectivity index (χ2v) is 6.95. The van der Waals surface area contributed by atoms with E-state index in [0.717, 1.165) is 23.2 Å². The molecule has 1 unspecified atom stereocenters. The smallest absolute Gasteiger partial charge is 0.0946 e. The highest BCUT2D eigenvalue weighted by molar-refractivity contribution is 6.04. The number of rotatable bonds is 6. The van der Waals surface area contributed by atoms with Gasteiger partial charge in [0.2, 0.25) is 0 Å². The van der Waals surface area contributed by atoms with Gasteiger partial charge in [-0.05, 0) is 48.7 Å². The van der Waals surface area contributed by atoms with Crippen LogP contribution < -0.4 is 4.90 Å². The van der Waals surface area contributed by atoms with Crippen molar-refractivity contribution in [2.75, 3.05) is 19.0 Å². The predicted molar refractivity (Wildman–Crippen MR) is 111 cm³/mol. The maximum atomic E-state index is 9.84. The molecule has 0 bridgehead atoms. The molecule has 27 heavy (non-hydrogen) atoms. The Morgan fingerprint density at radius 1 is 1.04 bits per heavy atom. The van der Waals surface area contributed by atoms with E-state index in [1.54, 1.807) is 12.4 Å². The molecular formula is C23H25N3O. The van der Waals surface area contributed by atoms with Gasteiger partial charge in [-0.25, -0.2) is 0 Å². The molecule has 0 spiro atoms. The number of pyridine rings is 1. The zero-order chi connectivity index (χ0) is 19.2. The molecule has 4 heteroatoms. The summed E-state index contributed by atoms with van der Waals surface area (Å²) >= 11 is 0. The second kappa shape index (κ2) is 8.49. The van der Waals surface area contributed by atoms with Crippen molar-refractivity contribution in [2.45, 2.75) is 19.3 Å². The standard InChI is InChI=1S/C23H25N3O/c1-17-5-4-6-20(15-17)22(23(25-27)19-11-13-24-14-12-19)16-18-7-9-21(10-8-18)26(2)3/h4-15,22,27H,16H2,1-3H3/b25-23-. The minimum absolute atomic E-state index is 0.0532. The van der Waals surface area contributed by atoms with Crippen LogP contribution in [0.1, 0.15) is 28.2 Å². The first kappa shape index (κ1) is 18.6. The molecule has 4 nitrogen and oxygen atoms in total. The van der Waals surface area contributed by atoms with Crippen molar-refractivity contribution < 1.29 is 5.21 Å². The van der Waals surface area contributed by atoms with Crippen LogP contribution in [0.15, 0.2) is 78.2 Å². The van der Waals surface area contributed by atoms with Gasteiger partial charge in [0.15, 0.2) is 0 Å². The van der Waals surface area contributed by atoms with Gasteiger partial charge in [-0.2, -0.15) is 0 Å². The number of hydrogen-bond acceptors (Lipinski definition) is 4. The van der Waals surface area contributed by atoms with Gasteiger partial charge >= 0.3 is 0 Å². The number of benzene rings is 2. The quantitative estimate of drug-likeness (QED) is 0.395. The Kier molecular flexibility index (Phi) is 5.87. The number of aryl methyl sites for hydroxylation is 1. The molecule has 0 radical (unpaired) electrons. The SMILES string of the molecule is Cc1cccc(C(Cc2ccc(N(C)C)cc2)/C(=N\O)c2ccncc2)c1. The summed E-state index contributed by atoms with van der Waals surface area (Å²) in [6.45, 7) is 2.08. The largest absolute Gasteiger partial charge is 0.411 e. The molecule has 1 N–H and O–H groups in total. The molecule has 0 saturated heterocycles. The minimum Gasteiger partial charge on any atom is -0.411 e. The van der Waals surface area contributed by atoms with Crippen molar-refractivity contribution in [3.63, 3.8) is 0 Å². The van der Waals surface area contributed by atoms with Crippen molar-refractivity contribution in [1.29, 1.82) is 0 Å². The molecule has 3 aromatic rings. The molecule has 0 saturated carbocycles. The minimum atomic E-state index is -0.0532. The molecule has 138 valence electrons. The van der Waals surface area contributed by atoms with E-state index >= 15 is 0 Å². The van der Waals surface area contributed by atoms with E-state index < -0.39 is 0 Å². The molecule has 0 aliphatic heterocycles. The first-order chi connectivity index (χ1) is 13.1. The predicted octanol–water partition coefficient (Wildman–Crippen LogP) is 4.66. The monoisotopic (exact) mass is 359 g/mol. The van der Waals surface area contributed by atoms with Crippen LogP contribution in [0.4, 0.5) is 5.69 Å². The molecule has 0 aliphatic rings. The first-order valence-corrected chi connectivity index (χ1v) is 9.03. The number of oxime groups is 1. The summed E-state index contributed by atoms with van der Waals surface area (Å²) in [5.41, 5.74) is 6.21. The Labute approximate surface area is 160 Å². The summed E-state index contributed by atoms with van der Waals surface area (Å²) < 4.78 is 0. The van der Waals surface area contributed by atoms with Crippen LogP contribution in [-0.2, 0) is 6.42 Å². The van der Waals surface area contributed by atoms with E-state index in [2.05, 4.69) is 64.4 Å². The highest BCUT2D eigenvalue weighted by Crippen LogP contribution is 2.27. The van der Waals surface area contributed by atoms with Crippen molar-refractivity contribution in [3.05, 3.63) is 95.3 Å². The Morgan fingerprint density at radius 3 is 2.33 bits per heavy atom. The average molecular weight is 359 g/mol. The summed E-state index contributed by atoms with van der Waals surface area (Å²) in [5.74, 6) is -0.0532. The van der Waals surface area contributed by atoms with Crippen LogP contribution in [0.3, 0.4) is 0 Å². The van der Waals surface area contributed by atoms with E-state index in [4.69, 9.17) is 0 Å². The lowest BCUT2D eigenvalue weighted by atomic mass is 9.84. The van der Waals surface area contributed by atoms with Gasteiger partial charge in [-0.3, -0.25) is 4.98 Å². The number of aromatic nitrogens is 1. The van der Waals surface area contributed by atoms with Gasteiger partial charge in [0, 0.05) is 43.7 Å². The van der Waals surface area contributed by atoms with E-state index in [-0.39, 0.29) is 5.92 Å². The third-order valence-electron chi connectivity index (χ3n) is 4.75. The Bertz CT molecular complexity index is 902. The van der Waals surface area contributed by atoms with E-state index in [0.29, 0.717) is 5.71 Å². The average Bonchev–Trinajstić information content (AvgIpc) is 2.69. The highest BCUT2D eigenvalue weighted by atomic mass is 16.4. The van der Waals surface area contributed by atoms with Crippen LogP contribution in [-0.4, -0.2) is 30.0 Å². The number of anilines is 1. The van der Waals surface area contributed by atoms with E-state index in [1.165, 1.54) is 11.1 Å². The number of hydrogen-bond donors (Lipinski definition) is 1. The third kappa shape index (κ3) is 4.53. The van der Waals surface area contributed by atoms with Crippen molar-refractivity contribution in [3.8, 4) is 0 Å². The molecular weight excluding hydrogens is 334 g/mol. The fourth-order valence-corrected chi connectivity index (χ4v) is 3.28. The molecule has 1 heterocycles. The Hall–Kier alpha value is -3.14. The lowest BCUT2D eigenvalue weighted by molar-refractivity contribution is 0.317. The molecule has 2 aromatic carbocycles. The normalized spacial score (nSPS) is 12.6. The van der Waals surface area contributed by atoms with E-state index in [9.17, 15) is 5.21 Å². The lowest BCUT2D eigenvalue weighted by Crippen LogP contribution is -2.17. The maximum Gasteiger partial charge on any atom is 0.0946 e. The molecule has 0 amide bonds. The van der Waals surface area contributed by atoms with Crippen LogP contribution in [0.5, 0.6) is 0 Å². The summed E-state index contributed by atoms with van der Waals surface area (Å²) in [5, 5.41) is 13.5. The summed E-state index contributed by atoms with van der Waals surface area (Å²) in [6, 6.07) is 20.7. The lowest BCUT2D eigenvalue weighted by Gasteiger charge is -2.20. The molecule has 1 atom stereocenters. The maximum absolute atomic E-state index is 9.84. The van der Waals surface area contributed by atoms with Crippen LogP contribution in [0.25, 0.3) is 0 Å². The van der Waals surface area contributed by atoms with Crippen LogP contribution in [0, 0.1) is 6.92 Å². The summed E-state index contributed by atoms with van der Waals surface area (Å²) in [7, 11) is 4.06. The summed E-state index contributed by atoms with van der Waals surface area (Å²) in [4.78, 5) is 6.16. The van der Waals surface area contributed by atoms with Crippen LogP contribution in [0.2, 0.25) is 0 Å². The summed E-state index contributed by atoms with van der Waals surface area (Å²) in [6.07, 6.45) is 4.19. The molecule has 3 rings (SSSR count). The topological polar surface area (TPSA) is 48.7 Å². The Morgan fingerprint density at radius 2 is 1.74 bits per heavy atom. The van der Waals surface area contributed by atoms with Crippen molar-refractivity contribution in [2.24, 2.45) is 5.16 Å². The van der Waals surface area contributed by atoms with Gasteiger partial charge in [-0.15, -0.1) is 0 Å². The van der Waals surface area contributed by atoms with Gasteiger partial charge in [0.25, 0.3) is 0 Å². The second-order valence-electron chi connectivity index (χ2n) is 6.95. The van der Waals surface area contributed by atoms with Gasteiger partial charge in [0.05, 0.1) is 5.71 Å². The zero-order valence-corrected chi connectivity index (χ0v) is 16.0. The van der Waals surface area contributed by atoms with Gasteiger partial charge in [-0.1, -0.05) is 47.1 Å². The van der Waals surface area contributed by atoms with E-state index in [1.807, 2.05) is 32.3 Å². The third-order valence-corrected chi connectivity index (χ3v) is 4.75. The van der Waals surface area contributed by atoms with Crippen molar-refractivity contribution >= 4 is 11.4 Å². The molecule has 0 aliphatic carbocycles. The fraction of sp³-hybridized carbons (Fsp3) is 0.217. The Balaban J connectivity index is 1.99. The van der Waals surface area contributed by atoms with Crippen LogP contribution >= 0.6 is 0 Å². The molecule has 1 aromatic heterocycles. The highest BCUT2D eigenvalue weighted by Gasteiger charge is 2.22. The fourth-order valence-electron chi connectivity index (χ4n) is 3.28. The van der Waals surface area contributed by atoms with Crippen molar-refractivity contribution in [1.82, 2.24) is 4.98 Å². The first-order valence-electron chi connectivity index (χ1n) is 9.03. The molecule has 0 fully saturated rings.